The van der Waals surface area contributed by atoms with Crippen LogP contribution in [0.5, 0.6) is 0 Å². The van der Waals surface area contributed by atoms with Gasteiger partial charge in [0.15, 0.2) is 0 Å². The minimum Gasteiger partial charge on any atom is -0.469 e. The van der Waals surface area contributed by atoms with Crippen molar-refractivity contribution in [3.63, 3.8) is 0 Å². The lowest BCUT2D eigenvalue weighted by Gasteiger charge is -2.31. The van der Waals surface area contributed by atoms with Gasteiger partial charge >= 0.3 is 0 Å². The van der Waals surface area contributed by atoms with Gasteiger partial charge in [-0.25, -0.2) is 0 Å². The molecule has 3 heteroatoms. The van der Waals surface area contributed by atoms with Crippen molar-refractivity contribution in [1.82, 2.24) is 4.90 Å². The van der Waals surface area contributed by atoms with Crippen LogP contribution < -0.4 is 0 Å². The van der Waals surface area contributed by atoms with Gasteiger partial charge in [-0.15, -0.1) is 0 Å². The molecule has 1 fully saturated rings. The summed E-state index contributed by atoms with van der Waals surface area (Å²) in [6.07, 6.45) is 8.13. The van der Waals surface area contributed by atoms with Gasteiger partial charge in [0.25, 0.3) is 0 Å². The fourth-order valence-electron chi connectivity index (χ4n) is 2.36. The second kappa shape index (κ2) is 5.19. The number of hydrogen-bond acceptors (Lipinski definition) is 2. The standard InChI is InChI=1S/C13H19NO2/c1-14(11-6-3-2-4-7-11)13(15)10-12-8-5-9-16-12/h5,8-9,11H,2-4,6-7,10H2,1H3. The zero-order valence-corrected chi connectivity index (χ0v) is 9.82. The summed E-state index contributed by atoms with van der Waals surface area (Å²) in [4.78, 5) is 13.9. The first kappa shape index (κ1) is 11.2. The van der Waals surface area contributed by atoms with Gasteiger partial charge in [-0.1, -0.05) is 19.3 Å². The fourth-order valence-corrected chi connectivity index (χ4v) is 2.36. The van der Waals surface area contributed by atoms with Gasteiger partial charge in [0.1, 0.15) is 5.76 Å². The van der Waals surface area contributed by atoms with Crippen LogP contribution in [0.1, 0.15) is 37.9 Å². The minimum atomic E-state index is 0.168. The van der Waals surface area contributed by atoms with Crippen LogP contribution in [0.25, 0.3) is 0 Å². The molecule has 1 aliphatic rings. The van der Waals surface area contributed by atoms with Crippen molar-refractivity contribution in [2.45, 2.75) is 44.6 Å². The molecule has 0 saturated heterocycles. The second-order valence-electron chi connectivity index (χ2n) is 4.55. The van der Waals surface area contributed by atoms with Gasteiger partial charge in [0, 0.05) is 13.1 Å². The number of likely N-dealkylation sites (N-methyl/N-ethyl adjacent to an activating group) is 1. The van der Waals surface area contributed by atoms with Gasteiger partial charge in [-0.05, 0) is 25.0 Å². The van der Waals surface area contributed by atoms with Crippen LogP contribution in [0, 0.1) is 0 Å². The van der Waals surface area contributed by atoms with Gasteiger partial charge in [0.2, 0.25) is 5.91 Å². The van der Waals surface area contributed by atoms with Crippen molar-refractivity contribution in [2.75, 3.05) is 7.05 Å². The maximum absolute atomic E-state index is 12.0. The molecule has 0 unspecified atom stereocenters. The van der Waals surface area contributed by atoms with Gasteiger partial charge in [0.05, 0.1) is 12.7 Å². The Morgan fingerprint density at radius 3 is 2.81 bits per heavy atom. The van der Waals surface area contributed by atoms with Gasteiger partial charge in [-0.3, -0.25) is 4.79 Å². The Morgan fingerprint density at radius 2 is 2.19 bits per heavy atom. The molecule has 1 aliphatic carbocycles. The topological polar surface area (TPSA) is 33.5 Å². The second-order valence-corrected chi connectivity index (χ2v) is 4.55. The predicted molar refractivity (Wildman–Crippen MR) is 62.1 cm³/mol. The lowest BCUT2D eigenvalue weighted by molar-refractivity contribution is -0.132. The number of hydrogen-bond donors (Lipinski definition) is 0. The molecule has 16 heavy (non-hydrogen) atoms. The van der Waals surface area contributed by atoms with E-state index in [2.05, 4.69) is 0 Å². The number of amides is 1. The first-order valence-corrected chi connectivity index (χ1v) is 6.05. The van der Waals surface area contributed by atoms with Gasteiger partial charge in [-0.2, -0.15) is 0 Å². The monoisotopic (exact) mass is 221 g/mol. The molecule has 0 spiro atoms. The molecule has 1 aromatic rings. The Morgan fingerprint density at radius 1 is 1.44 bits per heavy atom. The Balaban J connectivity index is 1.88. The van der Waals surface area contributed by atoms with E-state index in [1.165, 1.54) is 19.3 Å². The third-order valence-electron chi connectivity index (χ3n) is 3.42. The van der Waals surface area contributed by atoms with Crippen molar-refractivity contribution in [3.8, 4) is 0 Å². The number of furan rings is 1. The van der Waals surface area contributed by atoms with Crippen LogP contribution in [0.4, 0.5) is 0 Å². The molecule has 1 saturated carbocycles. The maximum atomic E-state index is 12.0. The summed E-state index contributed by atoms with van der Waals surface area (Å²) in [5.74, 6) is 0.925. The van der Waals surface area contributed by atoms with Crippen molar-refractivity contribution >= 4 is 5.91 Å². The van der Waals surface area contributed by atoms with Gasteiger partial charge < -0.3 is 9.32 Å². The Labute approximate surface area is 96.4 Å². The van der Waals surface area contributed by atoms with E-state index in [4.69, 9.17) is 4.42 Å². The Bertz CT molecular complexity index is 326. The highest BCUT2D eigenvalue weighted by molar-refractivity contribution is 5.78. The molecule has 88 valence electrons. The summed E-state index contributed by atoms with van der Waals surface area (Å²) in [6, 6.07) is 4.12. The van der Waals surface area contributed by atoms with E-state index in [0.717, 1.165) is 18.6 Å². The molecule has 0 aliphatic heterocycles. The molecule has 0 radical (unpaired) electrons. The normalized spacial score (nSPS) is 17.3. The zero-order valence-electron chi connectivity index (χ0n) is 9.82. The number of nitrogens with zero attached hydrogens (tertiary/aromatic N) is 1. The molecule has 1 amide bonds. The molecular formula is C13H19NO2. The first-order valence-electron chi connectivity index (χ1n) is 6.05. The fraction of sp³-hybridized carbons (Fsp3) is 0.615. The van der Waals surface area contributed by atoms with E-state index < -0.39 is 0 Å². The van der Waals surface area contributed by atoms with Crippen LogP contribution >= 0.6 is 0 Å². The van der Waals surface area contributed by atoms with E-state index in [9.17, 15) is 4.79 Å². The average Bonchev–Trinajstić information content (AvgIpc) is 2.82. The van der Waals surface area contributed by atoms with E-state index in [-0.39, 0.29) is 5.91 Å². The van der Waals surface area contributed by atoms with E-state index >= 15 is 0 Å². The zero-order chi connectivity index (χ0) is 11.4. The van der Waals surface area contributed by atoms with Crippen molar-refractivity contribution in [1.29, 1.82) is 0 Å². The molecule has 3 nitrogen and oxygen atoms in total. The number of rotatable bonds is 3. The Kier molecular flexibility index (Phi) is 3.65. The minimum absolute atomic E-state index is 0.168. The molecular weight excluding hydrogens is 202 g/mol. The number of carbonyl (C=O) groups is 1. The highest BCUT2D eigenvalue weighted by Gasteiger charge is 2.22. The van der Waals surface area contributed by atoms with Crippen LogP contribution in [-0.2, 0) is 11.2 Å². The highest BCUT2D eigenvalue weighted by Crippen LogP contribution is 2.22. The van der Waals surface area contributed by atoms with Crippen LogP contribution in [-0.4, -0.2) is 23.9 Å². The molecule has 0 N–H and O–H groups in total. The summed E-state index contributed by atoms with van der Waals surface area (Å²) in [5, 5.41) is 0. The van der Waals surface area contributed by atoms with E-state index in [1.807, 2.05) is 24.1 Å². The van der Waals surface area contributed by atoms with Crippen molar-refractivity contribution in [3.05, 3.63) is 24.2 Å². The predicted octanol–water partition coefficient (Wildman–Crippen LogP) is 2.61. The lowest BCUT2D eigenvalue weighted by Crippen LogP contribution is -2.39. The van der Waals surface area contributed by atoms with Crippen molar-refractivity contribution in [2.24, 2.45) is 0 Å². The van der Waals surface area contributed by atoms with Crippen LogP contribution in [0.2, 0.25) is 0 Å². The summed E-state index contributed by atoms with van der Waals surface area (Å²) < 4.78 is 5.19. The van der Waals surface area contributed by atoms with Crippen molar-refractivity contribution < 1.29 is 9.21 Å². The van der Waals surface area contributed by atoms with E-state index in [1.54, 1.807) is 6.26 Å². The molecule has 0 atom stereocenters. The quantitative estimate of drug-likeness (QED) is 0.786. The summed E-state index contributed by atoms with van der Waals surface area (Å²) in [6.45, 7) is 0. The maximum Gasteiger partial charge on any atom is 0.230 e. The lowest BCUT2D eigenvalue weighted by atomic mass is 9.94. The first-order chi connectivity index (χ1) is 7.77. The molecule has 0 bridgehead atoms. The highest BCUT2D eigenvalue weighted by atomic mass is 16.3. The number of carbonyl (C=O) groups excluding carboxylic acids is 1. The smallest absolute Gasteiger partial charge is 0.230 e. The van der Waals surface area contributed by atoms with E-state index in [0.29, 0.717) is 12.5 Å². The summed E-state index contributed by atoms with van der Waals surface area (Å²) in [7, 11) is 1.92. The summed E-state index contributed by atoms with van der Waals surface area (Å²) in [5.41, 5.74) is 0. The molecule has 1 heterocycles. The molecule has 0 aromatic carbocycles. The average molecular weight is 221 g/mol. The summed E-state index contributed by atoms with van der Waals surface area (Å²) >= 11 is 0. The molecule has 2 rings (SSSR count). The largest absolute Gasteiger partial charge is 0.469 e. The SMILES string of the molecule is CN(C(=O)Cc1ccco1)C1CCCCC1. The third-order valence-corrected chi connectivity index (χ3v) is 3.42. The van der Waals surface area contributed by atoms with Crippen LogP contribution in [0.15, 0.2) is 22.8 Å². The van der Waals surface area contributed by atoms with Crippen LogP contribution in [0.3, 0.4) is 0 Å². The Hall–Kier alpha value is -1.25. The third kappa shape index (κ3) is 2.65. The molecule has 1 aromatic heterocycles.